The summed E-state index contributed by atoms with van der Waals surface area (Å²) in [5.74, 6) is -1.89. The highest BCUT2D eigenvalue weighted by molar-refractivity contribution is 7.09. The maximum Gasteiger partial charge on any atom is 0.309 e. The van der Waals surface area contributed by atoms with Gasteiger partial charge < -0.3 is 24.4 Å². The Kier molecular flexibility index (Phi) is 9.75. The number of hydrogen-bond acceptors (Lipinski definition) is 9. The van der Waals surface area contributed by atoms with Crippen molar-refractivity contribution < 1.29 is 34.0 Å². The molecule has 8 nitrogen and oxygen atoms in total. The molecule has 0 bridgehead atoms. The van der Waals surface area contributed by atoms with E-state index in [0.29, 0.717) is 12.8 Å². The molecule has 206 valence electrons. The van der Waals surface area contributed by atoms with Crippen LogP contribution in [0.2, 0.25) is 0 Å². The van der Waals surface area contributed by atoms with Crippen LogP contribution in [0.3, 0.4) is 0 Å². The predicted octanol–water partition coefficient (Wildman–Crippen LogP) is 4.20. The summed E-state index contributed by atoms with van der Waals surface area (Å²) < 4.78 is 17.4. The molecule has 7 atom stereocenters. The van der Waals surface area contributed by atoms with Crippen LogP contribution in [0, 0.1) is 18.3 Å². The fraction of sp³-hybridized carbons (Fsp3) is 0.667. The molecule has 2 N–H and O–H groups in total. The molecule has 2 aliphatic heterocycles. The lowest BCUT2D eigenvalue weighted by atomic mass is 9.72. The summed E-state index contributed by atoms with van der Waals surface area (Å²) in [4.78, 5) is 30.9. The van der Waals surface area contributed by atoms with E-state index in [9.17, 15) is 19.8 Å². The normalized spacial score (nSPS) is 35.9. The Labute approximate surface area is 227 Å². The minimum Gasteiger partial charge on any atom is -0.458 e. The molecule has 2 aliphatic rings. The molecule has 37 heavy (non-hydrogen) atoms. The Morgan fingerprint density at radius 3 is 2.68 bits per heavy atom. The Bertz CT molecular complexity index is 1020. The lowest BCUT2D eigenvalue weighted by Gasteiger charge is -2.35. The third kappa shape index (κ3) is 7.28. The van der Waals surface area contributed by atoms with Crippen molar-refractivity contribution in [2.75, 3.05) is 6.61 Å². The van der Waals surface area contributed by atoms with Gasteiger partial charge in [-0.25, -0.2) is 4.98 Å². The molecule has 3 heterocycles. The number of ether oxygens (including phenoxy) is 3. The van der Waals surface area contributed by atoms with Crippen molar-refractivity contribution in [2.24, 2.45) is 11.3 Å². The molecule has 3 rings (SSSR count). The van der Waals surface area contributed by atoms with Crippen molar-refractivity contribution in [2.45, 2.75) is 95.9 Å². The van der Waals surface area contributed by atoms with E-state index in [2.05, 4.69) is 11.6 Å². The van der Waals surface area contributed by atoms with Gasteiger partial charge in [-0.05, 0) is 38.8 Å². The second-order valence-electron chi connectivity index (χ2n) is 10.5. The summed E-state index contributed by atoms with van der Waals surface area (Å²) in [6, 6.07) is 0. The highest BCUT2D eigenvalue weighted by Crippen LogP contribution is 2.47. The number of halogens is 1. The summed E-state index contributed by atoms with van der Waals surface area (Å²) in [6.45, 7) is 12.5. The first-order valence-corrected chi connectivity index (χ1v) is 13.8. The third-order valence-corrected chi connectivity index (χ3v) is 8.60. The maximum atomic E-state index is 13.5. The SMILES string of the molecule is C=CC[C@H]1C(=O)C(C)(C)[C@@H](O)CC(=O)O[C@H](C(C)=Cc2csc(C)n2)C[C@@H]2O[C@]2(Cl)CCO[C@@H](C)[C@H]1O. The zero-order valence-electron chi connectivity index (χ0n) is 22.1. The summed E-state index contributed by atoms with van der Waals surface area (Å²) in [7, 11) is 0. The number of carbonyl (C=O) groups excluding carboxylic acids is 2. The minimum atomic E-state index is -1.33. The Hall–Kier alpha value is -1.62. The van der Waals surface area contributed by atoms with Crippen LogP contribution in [0.15, 0.2) is 23.6 Å². The van der Waals surface area contributed by atoms with Crippen molar-refractivity contribution in [3.8, 4) is 0 Å². The summed E-state index contributed by atoms with van der Waals surface area (Å²) in [5.41, 5.74) is 0.199. The van der Waals surface area contributed by atoms with Gasteiger partial charge in [0.05, 0.1) is 53.4 Å². The molecule has 0 aliphatic carbocycles. The number of aliphatic hydroxyl groups excluding tert-OH is 2. The molecular weight excluding hydrogens is 518 g/mol. The molecule has 2 fully saturated rings. The fourth-order valence-corrected chi connectivity index (χ4v) is 5.44. The van der Waals surface area contributed by atoms with E-state index >= 15 is 0 Å². The van der Waals surface area contributed by atoms with Gasteiger partial charge in [-0.3, -0.25) is 9.59 Å². The minimum absolute atomic E-state index is 0.196. The van der Waals surface area contributed by atoms with Gasteiger partial charge >= 0.3 is 5.97 Å². The fourth-order valence-electron chi connectivity index (χ4n) is 4.59. The van der Waals surface area contributed by atoms with Crippen molar-refractivity contribution >= 4 is 40.8 Å². The van der Waals surface area contributed by atoms with Gasteiger partial charge in [-0.2, -0.15) is 0 Å². The number of aromatic nitrogens is 1. The second-order valence-corrected chi connectivity index (χ2v) is 12.2. The molecule has 0 unspecified atom stereocenters. The molecule has 1 aromatic rings. The average molecular weight is 556 g/mol. The van der Waals surface area contributed by atoms with Crippen LogP contribution in [-0.2, 0) is 23.8 Å². The van der Waals surface area contributed by atoms with Crippen LogP contribution in [0.4, 0.5) is 0 Å². The number of esters is 1. The Balaban J connectivity index is 1.88. The van der Waals surface area contributed by atoms with E-state index in [4.69, 9.17) is 25.8 Å². The van der Waals surface area contributed by atoms with Gasteiger partial charge in [0, 0.05) is 18.2 Å². The van der Waals surface area contributed by atoms with Crippen molar-refractivity contribution in [1.29, 1.82) is 0 Å². The van der Waals surface area contributed by atoms with Crippen molar-refractivity contribution in [3.05, 3.63) is 34.3 Å². The molecule has 2 saturated heterocycles. The van der Waals surface area contributed by atoms with E-state index in [0.717, 1.165) is 16.3 Å². The van der Waals surface area contributed by atoms with E-state index in [1.165, 1.54) is 11.3 Å². The highest BCUT2D eigenvalue weighted by atomic mass is 35.5. The first-order chi connectivity index (χ1) is 17.3. The number of ketones is 1. The number of aryl methyl sites for hydroxylation is 1. The van der Waals surface area contributed by atoms with E-state index in [1.54, 1.807) is 26.8 Å². The van der Waals surface area contributed by atoms with Crippen molar-refractivity contribution in [3.63, 3.8) is 0 Å². The van der Waals surface area contributed by atoms with Crippen LogP contribution in [0.25, 0.3) is 6.08 Å². The first-order valence-electron chi connectivity index (χ1n) is 12.6. The monoisotopic (exact) mass is 555 g/mol. The maximum absolute atomic E-state index is 13.5. The number of aliphatic hydroxyl groups is 2. The van der Waals surface area contributed by atoms with E-state index in [-0.39, 0.29) is 24.9 Å². The topological polar surface area (TPSA) is 118 Å². The molecule has 0 amide bonds. The second kappa shape index (κ2) is 12.1. The summed E-state index contributed by atoms with van der Waals surface area (Å²) >= 11 is 8.17. The smallest absolute Gasteiger partial charge is 0.309 e. The first kappa shape index (κ1) is 29.9. The zero-order valence-corrected chi connectivity index (χ0v) is 23.7. The highest BCUT2D eigenvalue weighted by Gasteiger charge is 2.56. The number of alkyl halides is 1. The summed E-state index contributed by atoms with van der Waals surface area (Å²) in [5, 5.41) is 23.8. The molecule has 0 aromatic carbocycles. The number of cyclic esters (lactones) is 1. The van der Waals surface area contributed by atoms with Gasteiger partial charge in [0.15, 0.2) is 5.06 Å². The van der Waals surface area contributed by atoms with Gasteiger partial charge in [-0.1, -0.05) is 31.5 Å². The number of Topliss-reactive ketones (excluding diaryl/α,β-unsaturated/α-hetero) is 1. The number of epoxide rings is 1. The lowest BCUT2D eigenvalue weighted by Crippen LogP contribution is -2.48. The molecular formula is C27H38ClNO7S. The summed E-state index contributed by atoms with van der Waals surface area (Å²) in [6.07, 6.45) is -0.279. The number of fused-ring (bicyclic) bond motifs is 1. The molecule has 0 saturated carbocycles. The molecule has 0 spiro atoms. The van der Waals surface area contributed by atoms with Crippen LogP contribution in [0.1, 0.15) is 64.1 Å². The van der Waals surface area contributed by atoms with Gasteiger partial charge in [0.1, 0.15) is 18.0 Å². The van der Waals surface area contributed by atoms with Crippen LogP contribution >= 0.6 is 22.9 Å². The largest absolute Gasteiger partial charge is 0.458 e. The number of carbonyl (C=O) groups is 2. The van der Waals surface area contributed by atoms with Crippen molar-refractivity contribution in [1.82, 2.24) is 4.98 Å². The standard InChI is InChI=1S/C27H38ClNO7S/c1-7-8-19-24(32)16(3)34-10-9-27(28)22(36-27)12-20(15(2)11-18-14-37-17(4)29-18)35-23(31)13-21(30)26(5,6)25(19)33/h7,11,14,16,19-22,24,30,32H,1,8-10,12-13H2,2-6H3/t16-,19+,20-,21-,22-,24+,27+/m0/s1. The van der Waals surface area contributed by atoms with Gasteiger partial charge in [0.2, 0.25) is 0 Å². The number of rotatable bonds is 4. The molecule has 1 aromatic heterocycles. The molecule has 10 heteroatoms. The number of nitrogens with zero attached hydrogens (tertiary/aromatic N) is 1. The van der Waals surface area contributed by atoms with E-state index < -0.39 is 53.2 Å². The van der Waals surface area contributed by atoms with Crippen LogP contribution in [-0.4, -0.2) is 69.1 Å². The quantitative estimate of drug-likeness (QED) is 0.246. The third-order valence-electron chi connectivity index (χ3n) is 7.29. The zero-order chi connectivity index (χ0) is 27.5. The number of hydrogen-bond donors (Lipinski definition) is 2. The molecule has 0 radical (unpaired) electrons. The van der Waals surface area contributed by atoms with Gasteiger partial charge in [-0.15, -0.1) is 17.9 Å². The van der Waals surface area contributed by atoms with Gasteiger partial charge in [0.25, 0.3) is 0 Å². The Morgan fingerprint density at radius 2 is 2.05 bits per heavy atom. The number of thiazole rings is 1. The van der Waals surface area contributed by atoms with E-state index in [1.807, 2.05) is 25.3 Å². The lowest BCUT2D eigenvalue weighted by molar-refractivity contribution is -0.155. The Morgan fingerprint density at radius 1 is 1.35 bits per heavy atom. The average Bonchev–Trinajstić information content (AvgIpc) is 3.27. The predicted molar refractivity (Wildman–Crippen MR) is 142 cm³/mol. The van der Waals surface area contributed by atoms with Crippen LogP contribution in [0.5, 0.6) is 0 Å². The number of allylic oxidation sites excluding steroid dienone is 1. The van der Waals surface area contributed by atoms with Crippen LogP contribution < -0.4 is 0 Å².